The first kappa shape index (κ1) is 13.0. The average molecular weight is 270 g/mol. The summed E-state index contributed by atoms with van der Waals surface area (Å²) in [5.41, 5.74) is 7.04. The van der Waals surface area contributed by atoms with Crippen LogP contribution in [0.2, 0.25) is 0 Å². The summed E-state index contributed by atoms with van der Waals surface area (Å²) in [5.74, 6) is 0.989. The average Bonchev–Trinajstić information content (AvgIpc) is 2.47. The van der Waals surface area contributed by atoms with E-state index in [1.807, 2.05) is 0 Å². The van der Waals surface area contributed by atoms with E-state index in [-0.39, 0.29) is 23.5 Å². The van der Waals surface area contributed by atoms with Gasteiger partial charge in [0.25, 0.3) is 0 Å². The SMILES string of the molecule is N#CC1=C(N)OC2=C(C(=O)CCC2)[C@H]1[C@@H]1C=CCCC1. The minimum Gasteiger partial charge on any atom is -0.444 e. The Balaban J connectivity index is 2.07. The maximum Gasteiger partial charge on any atom is 0.204 e. The van der Waals surface area contributed by atoms with Crippen molar-refractivity contribution in [2.75, 3.05) is 0 Å². The molecule has 4 heteroatoms. The molecule has 20 heavy (non-hydrogen) atoms. The van der Waals surface area contributed by atoms with Crippen LogP contribution in [0.5, 0.6) is 0 Å². The summed E-state index contributed by atoms with van der Waals surface area (Å²) < 4.78 is 5.55. The van der Waals surface area contributed by atoms with Crippen molar-refractivity contribution in [2.24, 2.45) is 17.6 Å². The molecular formula is C16H18N2O2. The number of nitrogens with zero attached hydrogens (tertiary/aromatic N) is 1. The highest BCUT2D eigenvalue weighted by Crippen LogP contribution is 2.43. The second-order valence-electron chi connectivity index (χ2n) is 5.61. The van der Waals surface area contributed by atoms with E-state index < -0.39 is 0 Å². The normalized spacial score (nSPS) is 29.9. The summed E-state index contributed by atoms with van der Waals surface area (Å²) in [5, 5.41) is 9.41. The van der Waals surface area contributed by atoms with Gasteiger partial charge in [0.1, 0.15) is 11.8 Å². The Hall–Kier alpha value is -2.02. The van der Waals surface area contributed by atoms with E-state index in [1.54, 1.807) is 0 Å². The molecule has 2 N–H and O–H groups in total. The Bertz CT molecular complexity index is 578. The fourth-order valence-corrected chi connectivity index (χ4v) is 3.44. The van der Waals surface area contributed by atoms with Crippen LogP contribution in [0.1, 0.15) is 38.5 Å². The number of Topliss-reactive ketones (excluding diaryl/α,β-unsaturated/α-hetero) is 1. The summed E-state index contributed by atoms with van der Waals surface area (Å²) in [4.78, 5) is 12.3. The van der Waals surface area contributed by atoms with Gasteiger partial charge in [-0.05, 0) is 31.6 Å². The predicted octanol–water partition coefficient (Wildman–Crippen LogP) is 2.69. The number of rotatable bonds is 1. The first-order valence-electron chi connectivity index (χ1n) is 7.23. The fraction of sp³-hybridized carbons (Fsp3) is 0.500. The molecule has 0 amide bonds. The molecule has 0 unspecified atom stereocenters. The molecular weight excluding hydrogens is 252 g/mol. The van der Waals surface area contributed by atoms with Crippen molar-refractivity contribution in [1.82, 2.24) is 0 Å². The van der Waals surface area contributed by atoms with E-state index in [2.05, 4.69) is 18.2 Å². The Kier molecular flexibility index (Phi) is 3.35. The first-order chi connectivity index (χ1) is 9.72. The van der Waals surface area contributed by atoms with Crippen LogP contribution in [0.15, 0.2) is 34.9 Å². The molecule has 2 atom stereocenters. The quantitative estimate of drug-likeness (QED) is 0.743. The molecule has 3 rings (SSSR count). The van der Waals surface area contributed by atoms with Crippen LogP contribution >= 0.6 is 0 Å². The lowest BCUT2D eigenvalue weighted by atomic mass is 9.72. The van der Waals surface area contributed by atoms with E-state index in [1.165, 1.54) is 0 Å². The van der Waals surface area contributed by atoms with Gasteiger partial charge in [-0.2, -0.15) is 5.26 Å². The van der Waals surface area contributed by atoms with Gasteiger partial charge < -0.3 is 10.5 Å². The minimum absolute atomic E-state index is 0.121. The molecule has 0 aromatic heterocycles. The molecule has 0 spiro atoms. The van der Waals surface area contributed by atoms with E-state index in [0.29, 0.717) is 23.3 Å². The van der Waals surface area contributed by atoms with E-state index in [4.69, 9.17) is 10.5 Å². The van der Waals surface area contributed by atoms with Crippen LogP contribution < -0.4 is 5.73 Å². The van der Waals surface area contributed by atoms with Gasteiger partial charge in [0, 0.05) is 24.3 Å². The van der Waals surface area contributed by atoms with Crippen molar-refractivity contribution in [3.8, 4) is 6.07 Å². The molecule has 0 radical (unpaired) electrons. The molecule has 1 aliphatic heterocycles. The van der Waals surface area contributed by atoms with E-state index in [9.17, 15) is 10.1 Å². The summed E-state index contributed by atoms with van der Waals surface area (Å²) in [6, 6.07) is 2.16. The van der Waals surface area contributed by atoms with E-state index in [0.717, 1.165) is 32.1 Å². The molecule has 0 saturated carbocycles. The Labute approximate surface area is 118 Å². The Morgan fingerprint density at radius 1 is 1.35 bits per heavy atom. The highest BCUT2D eigenvalue weighted by atomic mass is 16.5. The Morgan fingerprint density at radius 3 is 2.90 bits per heavy atom. The highest BCUT2D eigenvalue weighted by molar-refractivity contribution is 5.98. The first-order valence-corrected chi connectivity index (χ1v) is 7.23. The number of carbonyl (C=O) groups is 1. The predicted molar refractivity (Wildman–Crippen MR) is 73.8 cm³/mol. The van der Waals surface area contributed by atoms with Gasteiger partial charge in [0.15, 0.2) is 5.78 Å². The molecule has 1 heterocycles. The third-order valence-corrected chi connectivity index (χ3v) is 4.37. The number of hydrogen-bond donors (Lipinski definition) is 1. The van der Waals surface area contributed by atoms with Crippen LogP contribution in [0.3, 0.4) is 0 Å². The zero-order valence-corrected chi connectivity index (χ0v) is 11.4. The molecule has 3 aliphatic rings. The van der Waals surface area contributed by atoms with Crippen LogP contribution in [0.4, 0.5) is 0 Å². The standard InChI is InChI=1S/C16H18N2O2/c17-9-11-14(10-5-2-1-3-6-10)15-12(19)7-4-8-13(15)20-16(11)18/h2,5,10,14H,1,3-4,6-8,18H2/t10-,14+/m1/s1. The van der Waals surface area contributed by atoms with Crippen molar-refractivity contribution >= 4 is 5.78 Å². The monoisotopic (exact) mass is 270 g/mol. The summed E-state index contributed by atoms with van der Waals surface area (Å²) in [7, 11) is 0. The molecule has 0 bridgehead atoms. The van der Waals surface area contributed by atoms with Crippen molar-refractivity contribution < 1.29 is 9.53 Å². The minimum atomic E-state index is -0.201. The van der Waals surface area contributed by atoms with Crippen LogP contribution in [-0.4, -0.2) is 5.78 Å². The second-order valence-corrected chi connectivity index (χ2v) is 5.61. The summed E-state index contributed by atoms with van der Waals surface area (Å²) in [6.07, 6.45) is 9.53. The van der Waals surface area contributed by atoms with Crippen LogP contribution in [0, 0.1) is 23.2 Å². The molecule has 0 aromatic carbocycles. The van der Waals surface area contributed by atoms with Gasteiger partial charge in [-0.3, -0.25) is 4.79 Å². The molecule has 4 nitrogen and oxygen atoms in total. The van der Waals surface area contributed by atoms with Crippen molar-refractivity contribution in [2.45, 2.75) is 38.5 Å². The molecule has 0 aromatic rings. The van der Waals surface area contributed by atoms with Gasteiger partial charge in [-0.15, -0.1) is 0 Å². The molecule has 0 fully saturated rings. The van der Waals surface area contributed by atoms with Gasteiger partial charge in [0.2, 0.25) is 5.88 Å². The number of nitrogens with two attached hydrogens (primary N) is 1. The number of ketones is 1. The van der Waals surface area contributed by atoms with Gasteiger partial charge >= 0.3 is 0 Å². The lowest BCUT2D eigenvalue weighted by Crippen LogP contribution is -2.32. The van der Waals surface area contributed by atoms with Gasteiger partial charge in [-0.1, -0.05) is 12.2 Å². The van der Waals surface area contributed by atoms with Gasteiger partial charge in [0.05, 0.1) is 5.57 Å². The smallest absolute Gasteiger partial charge is 0.204 e. The Morgan fingerprint density at radius 2 is 2.20 bits per heavy atom. The number of carbonyl (C=O) groups excluding carboxylic acids is 1. The largest absolute Gasteiger partial charge is 0.444 e. The zero-order valence-electron chi connectivity index (χ0n) is 11.4. The van der Waals surface area contributed by atoms with Crippen LogP contribution in [0.25, 0.3) is 0 Å². The second kappa shape index (κ2) is 5.16. The highest BCUT2D eigenvalue weighted by Gasteiger charge is 2.40. The van der Waals surface area contributed by atoms with Crippen molar-refractivity contribution in [3.63, 3.8) is 0 Å². The number of hydrogen-bond acceptors (Lipinski definition) is 4. The molecule has 2 aliphatic carbocycles. The zero-order chi connectivity index (χ0) is 14.1. The fourth-order valence-electron chi connectivity index (χ4n) is 3.44. The van der Waals surface area contributed by atoms with E-state index >= 15 is 0 Å². The number of allylic oxidation sites excluding steroid dienone is 5. The summed E-state index contributed by atoms with van der Waals surface area (Å²) >= 11 is 0. The molecule has 0 saturated heterocycles. The topological polar surface area (TPSA) is 76.1 Å². The number of ether oxygens (including phenoxy) is 1. The lowest BCUT2D eigenvalue weighted by molar-refractivity contribution is -0.117. The van der Waals surface area contributed by atoms with Crippen molar-refractivity contribution in [1.29, 1.82) is 5.26 Å². The van der Waals surface area contributed by atoms with Crippen LogP contribution in [-0.2, 0) is 9.53 Å². The summed E-state index contributed by atoms with van der Waals surface area (Å²) in [6.45, 7) is 0. The number of nitriles is 1. The third kappa shape index (κ3) is 2.03. The van der Waals surface area contributed by atoms with Gasteiger partial charge in [-0.25, -0.2) is 0 Å². The lowest BCUT2D eigenvalue weighted by Gasteiger charge is -2.35. The third-order valence-electron chi connectivity index (χ3n) is 4.37. The van der Waals surface area contributed by atoms with Crippen molar-refractivity contribution in [3.05, 3.63) is 34.9 Å². The molecule has 104 valence electrons. The maximum atomic E-state index is 12.3. The maximum absolute atomic E-state index is 12.3.